The van der Waals surface area contributed by atoms with Crippen LogP contribution < -0.4 is 0 Å². The van der Waals surface area contributed by atoms with Crippen LogP contribution in [0.1, 0.15) is 23.9 Å². The molecular formula is C21H19F3N4O. The summed E-state index contributed by atoms with van der Waals surface area (Å²) in [5.74, 6) is -1.90. The van der Waals surface area contributed by atoms with E-state index in [9.17, 15) is 18.0 Å². The lowest BCUT2D eigenvalue weighted by Gasteiger charge is -2.34. The summed E-state index contributed by atoms with van der Waals surface area (Å²) in [6, 6.07) is 4.83. The van der Waals surface area contributed by atoms with Crippen LogP contribution in [-0.2, 0) is 24.3 Å². The fraction of sp³-hybridized carbons (Fsp3) is 0.286. The van der Waals surface area contributed by atoms with Crippen molar-refractivity contribution in [1.29, 1.82) is 0 Å². The first-order chi connectivity index (χ1) is 13.8. The Morgan fingerprint density at radius 1 is 1.14 bits per heavy atom. The molecule has 0 saturated carbocycles. The third kappa shape index (κ3) is 3.62. The highest BCUT2D eigenvalue weighted by Crippen LogP contribution is 2.31. The fourth-order valence-corrected chi connectivity index (χ4v) is 3.62. The highest BCUT2D eigenvalue weighted by molar-refractivity contribution is 5.79. The van der Waals surface area contributed by atoms with Crippen LogP contribution >= 0.6 is 0 Å². The van der Waals surface area contributed by atoms with Gasteiger partial charge in [0.2, 0.25) is 5.91 Å². The zero-order chi connectivity index (χ0) is 20.7. The highest BCUT2D eigenvalue weighted by atomic mass is 19.1. The van der Waals surface area contributed by atoms with Crippen molar-refractivity contribution in [3.63, 3.8) is 0 Å². The maximum absolute atomic E-state index is 14.3. The van der Waals surface area contributed by atoms with Crippen molar-refractivity contribution in [2.45, 2.75) is 39.4 Å². The van der Waals surface area contributed by atoms with Gasteiger partial charge in [0.05, 0.1) is 43.3 Å². The minimum atomic E-state index is -0.678. The van der Waals surface area contributed by atoms with Gasteiger partial charge in [0.15, 0.2) is 0 Å². The number of pyridine rings is 1. The molecule has 1 atom stereocenters. The van der Waals surface area contributed by atoms with Crippen LogP contribution in [0.4, 0.5) is 13.2 Å². The molecular weight excluding hydrogens is 381 g/mol. The van der Waals surface area contributed by atoms with Crippen LogP contribution in [0.2, 0.25) is 0 Å². The van der Waals surface area contributed by atoms with E-state index in [0.717, 1.165) is 12.3 Å². The average molecular weight is 400 g/mol. The Labute approximate surface area is 165 Å². The number of nitrogens with zero attached hydrogens (tertiary/aromatic N) is 4. The molecule has 3 heterocycles. The molecule has 2 aromatic heterocycles. The molecule has 0 radical (unpaired) electrons. The Bertz CT molecular complexity index is 1100. The van der Waals surface area contributed by atoms with Gasteiger partial charge in [0.1, 0.15) is 17.5 Å². The lowest BCUT2D eigenvalue weighted by Crippen LogP contribution is -2.45. The molecule has 4 rings (SSSR count). The Kier molecular flexibility index (Phi) is 4.86. The van der Waals surface area contributed by atoms with Crippen molar-refractivity contribution in [1.82, 2.24) is 19.7 Å². The Hall–Kier alpha value is -3.16. The van der Waals surface area contributed by atoms with E-state index in [1.807, 2.05) is 6.92 Å². The van der Waals surface area contributed by atoms with Gasteiger partial charge in [-0.3, -0.25) is 14.5 Å². The van der Waals surface area contributed by atoms with Crippen molar-refractivity contribution in [3.8, 4) is 11.1 Å². The predicted molar refractivity (Wildman–Crippen MR) is 100 cm³/mol. The average Bonchev–Trinajstić information content (AvgIpc) is 3.06. The second-order valence-corrected chi connectivity index (χ2v) is 7.28. The van der Waals surface area contributed by atoms with E-state index in [1.54, 1.807) is 22.6 Å². The van der Waals surface area contributed by atoms with Gasteiger partial charge in [0.25, 0.3) is 0 Å². The third-order valence-electron chi connectivity index (χ3n) is 5.22. The number of carbonyl (C=O) groups is 1. The number of benzene rings is 1. The van der Waals surface area contributed by atoms with Crippen LogP contribution in [0.5, 0.6) is 0 Å². The SMILES string of the molecule is Cc1cc(CC(=O)N2Cc3c(-c4ccc(F)cc4F)cnn3CC2C)ncc1F. The third-order valence-corrected chi connectivity index (χ3v) is 5.22. The van der Waals surface area contributed by atoms with Gasteiger partial charge in [-0.05, 0) is 37.6 Å². The highest BCUT2D eigenvalue weighted by Gasteiger charge is 2.30. The summed E-state index contributed by atoms with van der Waals surface area (Å²) in [5, 5.41) is 4.31. The number of amides is 1. The molecule has 1 aliphatic heterocycles. The molecule has 0 bridgehead atoms. The molecule has 1 aliphatic rings. The normalized spacial score (nSPS) is 16.0. The van der Waals surface area contributed by atoms with E-state index in [0.29, 0.717) is 29.1 Å². The second-order valence-electron chi connectivity index (χ2n) is 7.28. The van der Waals surface area contributed by atoms with Crippen molar-refractivity contribution >= 4 is 5.91 Å². The number of halogens is 3. The zero-order valence-corrected chi connectivity index (χ0v) is 16.0. The molecule has 0 fully saturated rings. The summed E-state index contributed by atoms with van der Waals surface area (Å²) in [6.45, 7) is 4.23. The largest absolute Gasteiger partial charge is 0.332 e. The summed E-state index contributed by atoms with van der Waals surface area (Å²) >= 11 is 0. The van der Waals surface area contributed by atoms with Crippen LogP contribution in [0.25, 0.3) is 11.1 Å². The van der Waals surface area contributed by atoms with Crippen LogP contribution in [0.3, 0.4) is 0 Å². The topological polar surface area (TPSA) is 51.0 Å². The van der Waals surface area contributed by atoms with E-state index in [2.05, 4.69) is 10.1 Å². The summed E-state index contributed by atoms with van der Waals surface area (Å²) in [5.41, 5.74) is 2.38. The minimum absolute atomic E-state index is 0.0415. The van der Waals surface area contributed by atoms with Crippen LogP contribution in [0, 0.1) is 24.4 Å². The molecule has 1 aromatic carbocycles. The molecule has 0 spiro atoms. The van der Waals surface area contributed by atoms with E-state index < -0.39 is 17.5 Å². The molecule has 29 heavy (non-hydrogen) atoms. The van der Waals surface area contributed by atoms with Crippen molar-refractivity contribution in [2.75, 3.05) is 0 Å². The number of fused-ring (bicyclic) bond motifs is 1. The number of rotatable bonds is 3. The lowest BCUT2D eigenvalue weighted by atomic mass is 10.0. The summed E-state index contributed by atoms with van der Waals surface area (Å²) in [4.78, 5) is 18.6. The van der Waals surface area contributed by atoms with Crippen molar-refractivity contribution in [2.24, 2.45) is 0 Å². The monoisotopic (exact) mass is 400 g/mol. The predicted octanol–water partition coefficient (Wildman–Crippen LogP) is 3.64. The molecule has 8 heteroatoms. The Balaban J connectivity index is 1.61. The van der Waals surface area contributed by atoms with Gasteiger partial charge < -0.3 is 4.90 Å². The number of aromatic nitrogens is 3. The van der Waals surface area contributed by atoms with E-state index in [1.165, 1.54) is 18.3 Å². The van der Waals surface area contributed by atoms with Gasteiger partial charge in [-0.1, -0.05) is 0 Å². The molecule has 1 amide bonds. The van der Waals surface area contributed by atoms with E-state index in [4.69, 9.17) is 0 Å². The molecule has 5 nitrogen and oxygen atoms in total. The quantitative estimate of drug-likeness (QED) is 0.675. The first-order valence-electron chi connectivity index (χ1n) is 9.24. The number of hydrogen-bond acceptors (Lipinski definition) is 3. The van der Waals surface area contributed by atoms with Crippen molar-refractivity contribution in [3.05, 3.63) is 71.1 Å². The number of hydrogen-bond donors (Lipinski definition) is 0. The maximum Gasteiger partial charge on any atom is 0.229 e. The maximum atomic E-state index is 14.3. The Morgan fingerprint density at radius 2 is 1.93 bits per heavy atom. The summed E-state index contributed by atoms with van der Waals surface area (Å²) in [6.07, 6.45) is 2.69. The fourth-order valence-electron chi connectivity index (χ4n) is 3.62. The van der Waals surface area contributed by atoms with Gasteiger partial charge in [-0.25, -0.2) is 13.2 Å². The molecule has 0 N–H and O–H groups in total. The second kappa shape index (κ2) is 7.35. The standard InChI is InChI=1S/C21H19F3N4O/c1-12-5-15(25-9-19(12)24)7-21(29)27-11-20-17(8-26-28(20)10-13(27)2)16-4-3-14(22)6-18(16)23/h3-6,8-9,13H,7,10-11H2,1-2H3. The minimum Gasteiger partial charge on any atom is -0.332 e. The van der Waals surface area contributed by atoms with Gasteiger partial charge >= 0.3 is 0 Å². The van der Waals surface area contributed by atoms with Gasteiger partial charge in [0, 0.05) is 23.2 Å². The van der Waals surface area contributed by atoms with E-state index in [-0.39, 0.29) is 30.5 Å². The molecule has 0 saturated heterocycles. The van der Waals surface area contributed by atoms with Gasteiger partial charge in [-0.15, -0.1) is 0 Å². The first-order valence-corrected chi connectivity index (χ1v) is 9.24. The van der Waals surface area contributed by atoms with Crippen LogP contribution in [0.15, 0.2) is 36.7 Å². The Morgan fingerprint density at radius 3 is 2.66 bits per heavy atom. The van der Waals surface area contributed by atoms with E-state index >= 15 is 0 Å². The number of carbonyl (C=O) groups excluding carboxylic acids is 1. The van der Waals surface area contributed by atoms with Crippen molar-refractivity contribution < 1.29 is 18.0 Å². The number of aryl methyl sites for hydroxylation is 1. The molecule has 0 aliphatic carbocycles. The smallest absolute Gasteiger partial charge is 0.229 e. The summed E-state index contributed by atoms with van der Waals surface area (Å²) in [7, 11) is 0. The summed E-state index contributed by atoms with van der Waals surface area (Å²) < 4.78 is 42.7. The molecule has 3 aromatic rings. The molecule has 1 unspecified atom stereocenters. The van der Waals surface area contributed by atoms with Gasteiger partial charge in [-0.2, -0.15) is 5.10 Å². The first kappa shape index (κ1) is 19.2. The molecule has 150 valence electrons. The lowest BCUT2D eigenvalue weighted by molar-refractivity contribution is -0.134. The zero-order valence-electron chi connectivity index (χ0n) is 16.0. The van der Waals surface area contributed by atoms with Crippen LogP contribution in [-0.4, -0.2) is 31.6 Å².